The van der Waals surface area contributed by atoms with Crippen LogP contribution in [0.5, 0.6) is 5.75 Å². The van der Waals surface area contributed by atoms with E-state index in [2.05, 4.69) is 38.2 Å². The van der Waals surface area contributed by atoms with E-state index in [0.29, 0.717) is 6.54 Å². The third-order valence-electron chi connectivity index (χ3n) is 7.28. The number of nitrogens with zero attached hydrogens (tertiary/aromatic N) is 1. The molecular formula is C31H44N2O5. The lowest BCUT2D eigenvalue weighted by Gasteiger charge is -2.35. The van der Waals surface area contributed by atoms with Gasteiger partial charge in [0.2, 0.25) is 0 Å². The van der Waals surface area contributed by atoms with E-state index in [1.165, 1.54) is 10.5 Å². The summed E-state index contributed by atoms with van der Waals surface area (Å²) >= 11 is 0. The summed E-state index contributed by atoms with van der Waals surface area (Å²) in [7, 11) is 1.65. The van der Waals surface area contributed by atoms with E-state index in [1.807, 2.05) is 57.2 Å². The number of amides is 1. The van der Waals surface area contributed by atoms with Crippen molar-refractivity contribution in [2.24, 2.45) is 11.3 Å². The van der Waals surface area contributed by atoms with Gasteiger partial charge in [0, 0.05) is 24.1 Å². The van der Waals surface area contributed by atoms with Crippen LogP contribution in [0.15, 0.2) is 48.5 Å². The van der Waals surface area contributed by atoms with Crippen molar-refractivity contribution in [1.82, 2.24) is 10.2 Å². The van der Waals surface area contributed by atoms with E-state index in [0.717, 1.165) is 16.9 Å². The molecule has 1 saturated heterocycles. The third kappa shape index (κ3) is 6.32. The zero-order chi connectivity index (χ0) is 28.4. The lowest BCUT2D eigenvalue weighted by molar-refractivity contribution is -0.144. The first-order chi connectivity index (χ1) is 17.7. The highest BCUT2D eigenvalue weighted by atomic mass is 16.6. The maximum atomic E-state index is 13.5. The van der Waals surface area contributed by atoms with E-state index >= 15 is 0 Å². The lowest BCUT2D eigenvalue weighted by atomic mass is 9.72. The summed E-state index contributed by atoms with van der Waals surface area (Å²) in [5.74, 6) is -0.678. The average molecular weight is 525 g/mol. The molecule has 1 amide bonds. The topological polar surface area (TPSA) is 88.1 Å². The third-order valence-corrected chi connectivity index (χ3v) is 7.28. The predicted octanol–water partition coefficient (Wildman–Crippen LogP) is 6.17. The van der Waals surface area contributed by atoms with E-state index in [9.17, 15) is 14.7 Å². The molecular weight excluding hydrogens is 480 g/mol. The Kier molecular flexibility index (Phi) is 8.82. The van der Waals surface area contributed by atoms with Crippen LogP contribution in [0.25, 0.3) is 0 Å². The molecule has 7 nitrogen and oxygen atoms in total. The molecule has 0 unspecified atom stereocenters. The number of carboxylic acids is 1. The Morgan fingerprint density at radius 2 is 1.66 bits per heavy atom. The van der Waals surface area contributed by atoms with Crippen molar-refractivity contribution in [3.05, 3.63) is 65.2 Å². The van der Waals surface area contributed by atoms with Gasteiger partial charge in [0.1, 0.15) is 11.8 Å². The monoisotopic (exact) mass is 524 g/mol. The van der Waals surface area contributed by atoms with Crippen LogP contribution >= 0.6 is 0 Å². The van der Waals surface area contributed by atoms with Gasteiger partial charge in [-0.25, -0.2) is 9.59 Å². The molecule has 2 aromatic rings. The van der Waals surface area contributed by atoms with E-state index in [-0.39, 0.29) is 17.6 Å². The molecule has 0 radical (unpaired) electrons. The number of methoxy groups -OCH3 is 1. The SMILES string of the molecule is COc1ccc(C(C)(C)C)cc1CN[C@@H]1[C@@H](C(C)(C)C)[C@H](C(=O)O)N(C(=O)OC(C)C)[C@@H]1c1ccccc1. The zero-order valence-corrected chi connectivity index (χ0v) is 24.2. The molecule has 1 aliphatic heterocycles. The normalized spacial score (nSPS) is 22.0. The Hall–Kier alpha value is -3.06. The fourth-order valence-electron chi connectivity index (χ4n) is 5.55. The van der Waals surface area contributed by atoms with Crippen LogP contribution in [0.1, 0.15) is 78.1 Å². The van der Waals surface area contributed by atoms with Gasteiger partial charge >= 0.3 is 12.1 Å². The number of hydrogen-bond acceptors (Lipinski definition) is 5. The van der Waals surface area contributed by atoms with Crippen LogP contribution in [0.2, 0.25) is 0 Å². The molecule has 1 heterocycles. The second-order valence-corrected chi connectivity index (χ2v) is 12.6. The quantitative estimate of drug-likeness (QED) is 0.450. The summed E-state index contributed by atoms with van der Waals surface area (Å²) < 4.78 is 11.3. The number of nitrogens with one attached hydrogen (secondary N) is 1. The molecule has 2 aromatic carbocycles. The van der Waals surface area contributed by atoms with Gasteiger partial charge in [-0.3, -0.25) is 4.90 Å². The highest BCUT2D eigenvalue weighted by Gasteiger charge is 2.58. The van der Waals surface area contributed by atoms with E-state index < -0.39 is 35.5 Å². The van der Waals surface area contributed by atoms with Crippen LogP contribution in [0.3, 0.4) is 0 Å². The minimum Gasteiger partial charge on any atom is -0.496 e. The second kappa shape index (κ2) is 11.4. The van der Waals surface area contributed by atoms with Gasteiger partial charge in [-0.2, -0.15) is 0 Å². The Morgan fingerprint density at radius 3 is 2.16 bits per heavy atom. The molecule has 2 N–H and O–H groups in total. The van der Waals surface area contributed by atoms with Crippen molar-refractivity contribution in [2.45, 2.75) is 91.6 Å². The fourth-order valence-corrected chi connectivity index (χ4v) is 5.55. The van der Waals surface area contributed by atoms with Gasteiger partial charge in [0.25, 0.3) is 0 Å². The highest BCUT2D eigenvalue weighted by molar-refractivity contribution is 5.82. The van der Waals surface area contributed by atoms with Crippen LogP contribution in [0, 0.1) is 11.3 Å². The van der Waals surface area contributed by atoms with Crippen molar-refractivity contribution in [3.8, 4) is 5.75 Å². The zero-order valence-electron chi connectivity index (χ0n) is 24.2. The van der Waals surface area contributed by atoms with Crippen molar-refractivity contribution in [1.29, 1.82) is 0 Å². The second-order valence-electron chi connectivity index (χ2n) is 12.6. The number of carbonyl (C=O) groups is 2. The minimum atomic E-state index is -1.06. The smallest absolute Gasteiger partial charge is 0.411 e. The van der Waals surface area contributed by atoms with Gasteiger partial charge < -0.3 is 19.9 Å². The highest BCUT2D eigenvalue weighted by Crippen LogP contribution is 2.48. The number of carboxylic acid groups (broad SMARTS) is 1. The number of likely N-dealkylation sites (tertiary alicyclic amines) is 1. The average Bonchev–Trinajstić information content (AvgIpc) is 3.18. The standard InChI is InChI=1S/C31H44N2O5/c1-19(2)38-29(36)33-26(20-13-11-10-12-14-20)25(24(31(6,7)8)27(33)28(34)35)32-18-21-17-22(30(3,4)5)15-16-23(21)37-9/h10-17,19,24-27,32H,18H2,1-9H3,(H,34,35)/t24-,25-,26-,27-/m1/s1. The van der Waals surface area contributed by atoms with Gasteiger partial charge in [-0.05, 0) is 41.9 Å². The largest absolute Gasteiger partial charge is 0.496 e. The summed E-state index contributed by atoms with van der Waals surface area (Å²) in [6, 6.07) is 13.9. The van der Waals surface area contributed by atoms with Gasteiger partial charge in [0.05, 0.1) is 19.3 Å². The fraction of sp³-hybridized carbons (Fsp3) is 0.548. The summed E-state index contributed by atoms with van der Waals surface area (Å²) in [6.45, 7) is 16.6. The van der Waals surface area contributed by atoms with E-state index in [1.54, 1.807) is 21.0 Å². The molecule has 0 bridgehead atoms. The molecule has 0 saturated carbocycles. The number of hydrogen-bond donors (Lipinski definition) is 2. The maximum absolute atomic E-state index is 13.5. The molecule has 3 rings (SSSR count). The number of aliphatic carboxylic acids is 1. The number of ether oxygens (including phenoxy) is 2. The maximum Gasteiger partial charge on any atom is 0.411 e. The van der Waals surface area contributed by atoms with Gasteiger partial charge in [0.15, 0.2) is 0 Å². The van der Waals surface area contributed by atoms with E-state index in [4.69, 9.17) is 9.47 Å². The molecule has 7 heteroatoms. The van der Waals surface area contributed by atoms with Crippen LogP contribution < -0.4 is 10.1 Å². The van der Waals surface area contributed by atoms with Crippen molar-refractivity contribution in [3.63, 3.8) is 0 Å². The van der Waals surface area contributed by atoms with Crippen molar-refractivity contribution < 1.29 is 24.2 Å². The number of carbonyl (C=O) groups excluding carboxylic acids is 1. The lowest BCUT2D eigenvalue weighted by Crippen LogP contribution is -2.48. The van der Waals surface area contributed by atoms with Crippen molar-refractivity contribution in [2.75, 3.05) is 7.11 Å². The molecule has 208 valence electrons. The Bertz CT molecular complexity index is 1120. The summed E-state index contributed by atoms with van der Waals surface area (Å²) in [5, 5.41) is 14.2. The first kappa shape index (κ1) is 29.5. The van der Waals surface area contributed by atoms with Gasteiger partial charge in [-0.1, -0.05) is 84.0 Å². The summed E-state index contributed by atoms with van der Waals surface area (Å²) in [4.78, 5) is 27.7. The molecule has 1 aliphatic rings. The number of rotatable bonds is 7. The minimum absolute atomic E-state index is 0.0410. The number of benzene rings is 2. The summed E-state index contributed by atoms with van der Waals surface area (Å²) in [6.07, 6.45) is -0.995. The molecule has 4 atom stereocenters. The van der Waals surface area contributed by atoms with Crippen molar-refractivity contribution >= 4 is 12.1 Å². The van der Waals surface area contributed by atoms with Crippen LogP contribution in [-0.2, 0) is 21.5 Å². The molecule has 0 spiro atoms. The Morgan fingerprint density at radius 1 is 1.03 bits per heavy atom. The van der Waals surface area contributed by atoms with Gasteiger partial charge in [-0.15, -0.1) is 0 Å². The predicted molar refractivity (Wildman–Crippen MR) is 149 cm³/mol. The first-order valence-electron chi connectivity index (χ1n) is 13.3. The van der Waals surface area contributed by atoms with Crippen LogP contribution in [0.4, 0.5) is 4.79 Å². The molecule has 0 aliphatic carbocycles. The first-order valence-corrected chi connectivity index (χ1v) is 13.3. The summed E-state index contributed by atoms with van der Waals surface area (Å²) in [5.41, 5.74) is 2.55. The Labute approximate surface area is 227 Å². The van der Waals surface area contributed by atoms with Crippen LogP contribution in [-0.4, -0.2) is 47.4 Å². The Balaban J connectivity index is 2.14. The molecule has 38 heavy (non-hydrogen) atoms. The molecule has 0 aromatic heterocycles. The molecule has 1 fully saturated rings.